The van der Waals surface area contributed by atoms with E-state index in [1.807, 2.05) is 20.8 Å². The van der Waals surface area contributed by atoms with Gasteiger partial charge in [0.15, 0.2) is 0 Å². The van der Waals surface area contributed by atoms with E-state index >= 15 is 0 Å². The molecule has 3 nitrogen and oxygen atoms in total. The zero-order valence-corrected chi connectivity index (χ0v) is 19.9. The van der Waals surface area contributed by atoms with Crippen molar-refractivity contribution in [1.82, 2.24) is 0 Å². The zero-order valence-electron chi connectivity index (χ0n) is 17.9. The van der Waals surface area contributed by atoms with Gasteiger partial charge >= 0.3 is 0 Å². The van der Waals surface area contributed by atoms with Crippen molar-refractivity contribution < 1.29 is 13.6 Å². The van der Waals surface area contributed by atoms with Crippen molar-refractivity contribution in [2.45, 2.75) is 104 Å². The predicted octanol–water partition coefficient (Wildman–Crippen LogP) is 5.83. The van der Waals surface area contributed by atoms with Gasteiger partial charge in [0.25, 0.3) is 14.3 Å². The largest absolute Gasteiger partial charge is 0.518 e. The SMILES string of the molecule is CC(C)C[Si](OC(=O)C(C)C[Si]OC(C)C)(C(C)(C)C)C(C)(C)C. The fourth-order valence-corrected chi connectivity index (χ4v) is 10.1. The number of hydrogen-bond donors (Lipinski definition) is 0. The number of rotatable bonds is 8. The molecule has 0 aliphatic carbocycles. The summed E-state index contributed by atoms with van der Waals surface area (Å²) in [7, 11) is -1.98. The van der Waals surface area contributed by atoms with Gasteiger partial charge in [0.2, 0.25) is 9.76 Å². The summed E-state index contributed by atoms with van der Waals surface area (Å²) < 4.78 is 12.1. The van der Waals surface area contributed by atoms with Crippen LogP contribution >= 0.6 is 0 Å². The van der Waals surface area contributed by atoms with Crippen molar-refractivity contribution in [2.75, 3.05) is 0 Å². The maximum absolute atomic E-state index is 12.9. The van der Waals surface area contributed by atoms with Gasteiger partial charge in [0.05, 0.1) is 5.92 Å². The smallest absolute Gasteiger partial charge is 0.295 e. The molecule has 0 heterocycles. The zero-order chi connectivity index (χ0) is 19.3. The van der Waals surface area contributed by atoms with Gasteiger partial charge in [-0.1, -0.05) is 62.3 Å². The van der Waals surface area contributed by atoms with Crippen LogP contribution in [0.2, 0.25) is 22.2 Å². The van der Waals surface area contributed by atoms with Crippen molar-refractivity contribution in [3.8, 4) is 0 Å². The fraction of sp³-hybridized carbons (Fsp3) is 0.947. The van der Waals surface area contributed by atoms with Gasteiger partial charge in [-0.3, -0.25) is 4.79 Å². The Balaban J connectivity index is 5.35. The van der Waals surface area contributed by atoms with Gasteiger partial charge in [-0.25, -0.2) is 0 Å². The van der Waals surface area contributed by atoms with E-state index in [1.54, 1.807) is 0 Å². The fourth-order valence-electron chi connectivity index (χ4n) is 3.36. The van der Waals surface area contributed by atoms with Crippen LogP contribution in [0.15, 0.2) is 0 Å². The van der Waals surface area contributed by atoms with E-state index in [4.69, 9.17) is 8.85 Å². The summed E-state index contributed by atoms with van der Waals surface area (Å²) in [6.07, 6.45) is 0.213. The molecule has 0 saturated heterocycles. The Morgan fingerprint density at radius 2 is 1.42 bits per heavy atom. The third kappa shape index (κ3) is 6.64. The molecular formula is C19H40O3Si2. The average molecular weight is 373 g/mol. The molecule has 0 amide bonds. The van der Waals surface area contributed by atoms with Crippen molar-refractivity contribution in [2.24, 2.45) is 11.8 Å². The van der Waals surface area contributed by atoms with E-state index in [9.17, 15) is 4.79 Å². The first kappa shape index (κ1) is 23.9. The molecule has 0 N–H and O–H groups in total. The lowest BCUT2D eigenvalue weighted by atomic mass is 10.2. The van der Waals surface area contributed by atoms with E-state index in [1.165, 1.54) is 0 Å². The third-order valence-corrected chi connectivity index (χ3v) is 12.7. The Morgan fingerprint density at radius 3 is 1.75 bits per heavy atom. The quantitative estimate of drug-likeness (QED) is 0.503. The Morgan fingerprint density at radius 1 is 0.958 bits per heavy atom. The normalized spacial score (nSPS) is 15.0. The Bertz CT molecular complexity index is 378. The van der Waals surface area contributed by atoms with Gasteiger partial charge < -0.3 is 8.85 Å². The summed E-state index contributed by atoms with van der Waals surface area (Å²) >= 11 is 0. The molecule has 0 bridgehead atoms. The monoisotopic (exact) mass is 372 g/mol. The first-order valence-corrected chi connectivity index (χ1v) is 12.5. The molecule has 0 aromatic rings. The molecule has 24 heavy (non-hydrogen) atoms. The van der Waals surface area contributed by atoms with Gasteiger partial charge in [-0.15, -0.1) is 0 Å². The molecule has 0 fully saturated rings. The van der Waals surface area contributed by atoms with Crippen LogP contribution in [0, 0.1) is 11.8 Å². The molecule has 0 aromatic heterocycles. The summed E-state index contributed by atoms with van der Waals surface area (Å²) in [6.45, 7) is 23.9. The van der Waals surface area contributed by atoms with E-state index in [0.29, 0.717) is 15.7 Å². The van der Waals surface area contributed by atoms with Gasteiger partial charge in [0, 0.05) is 6.10 Å². The van der Waals surface area contributed by atoms with Crippen LogP contribution in [0.1, 0.15) is 76.2 Å². The van der Waals surface area contributed by atoms with Gasteiger partial charge in [-0.2, -0.15) is 0 Å². The van der Waals surface area contributed by atoms with Crippen molar-refractivity contribution >= 4 is 24.0 Å². The Labute approximate surface area is 154 Å². The van der Waals surface area contributed by atoms with Crippen LogP contribution < -0.4 is 0 Å². The molecule has 2 radical (unpaired) electrons. The predicted molar refractivity (Wildman–Crippen MR) is 107 cm³/mol. The summed E-state index contributed by atoms with van der Waals surface area (Å²) in [4.78, 5) is 12.9. The van der Waals surface area contributed by atoms with Crippen LogP contribution in [0.5, 0.6) is 0 Å². The van der Waals surface area contributed by atoms with E-state index in [2.05, 4.69) is 55.4 Å². The van der Waals surface area contributed by atoms with Crippen molar-refractivity contribution in [3.63, 3.8) is 0 Å². The molecule has 0 aromatic carbocycles. The molecular weight excluding hydrogens is 332 g/mol. The molecule has 0 aliphatic rings. The minimum atomic E-state index is -2.34. The maximum atomic E-state index is 12.9. The first-order valence-electron chi connectivity index (χ1n) is 9.25. The minimum Gasteiger partial charge on any atom is -0.518 e. The van der Waals surface area contributed by atoms with E-state index in [-0.39, 0.29) is 28.1 Å². The summed E-state index contributed by atoms with van der Waals surface area (Å²) in [5.41, 5.74) is 0. The summed E-state index contributed by atoms with van der Waals surface area (Å²) in [6, 6.07) is 1.75. The highest BCUT2D eigenvalue weighted by atomic mass is 28.4. The molecule has 1 atom stereocenters. The molecule has 0 aliphatic heterocycles. The Hall–Kier alpha value is -0.136. The lowest BCUT2D eigenvalue weighted by molar-refractivity contribution is -0.139. The Kier molecular flexibility index (Phi) is 8.94. The van der Waals surface area contributed by atoms with Crippen LogP contribution in [0.25, 0.3) is 0 Å². The number of carbonyl (C=O) groups is 1. The van der Waals surface area contributed by atoms with E-state index < -0.39 is 8.32 Å². The highest BCUT2D eigenvalue weighted by molar-refractivity contribution is 6.80. The maximum Gasteiger partial charge on any atom is 0.295 e. The minimum absolute atomic E-state index is 0.00161. The first-order chi connectivity index (χ1) is 10.6. The molecule has 5 heteroatoms. The van der Waals surface area contributed by atoms with Crippen LogP contribution in [-0.4, -0.2) is 30.2 Å². The second-order valence-corrected chi connectivity index (χ2v) is 16.0. The van der Waals surface area contributed by atoms with Crippen LogP contribution in [0.3, 0.4) is 0 Å². The van der Waals surface area contributed by atoms with Gasteiger partial charge in [-0.05, 0) is 41.9 Å². The van der Waals surface area contributed by atoms with Crippen LogP contribution in [-0.2, 0) is 13.6 Å². The lowest BCUT2D eigenvalue weighted by Crippen LogP contribution is -2.57. The molecule has 0 rings (SSSR count). The summed E-state index contributed by atoms with van der Waals surface area (Å²) in [5.74, 6) is 0.377. The second-order valence-electron chi connectivity index (χ2n) is 9.76. The second kappa shape index (κ2) is 8.99. The lowest BCUT2D eigenvalue weighted by Gasteiger charge is -2.51. The highest BCUT2D eigenvalue weighted by Gasteiger charge is 2.58. The number of hydrogen-bond acceptors (Lipinski definition) is 3. The van der Waals surface area contributed by atoms with Crippen molar-refractivity contribution in [1.29, 1.82) is 0 Å². The standard InChI is InChI=1S/C19H40O3Si2/c1-14(2)13-24(18(6,7)8,19(9,10)11)22-17(20)16(5)12-23-21-15(3)4/h14-16H,12-13H2,1-11H3. The van der Waals surface area contributed by atoms with Crippen molar-refractivity contribution in [3.05, 3.63) is 0 Å². The average Bonchev–Trinajstić information content (AvgIpc) is 2.33. The molecule has 0 saturated carbocycles. The van der Waals surface area contributed by atoms with Crippen LogP contribution in [0.4, 0.5) is 0 Å². The molecule has 0 spiro atoms. The summed E-state index contributed by atoms with van der Waals surface area (Å²) in [5, 5.41) is 0.00321. The highest BCUT2D eigenvalue weighted by Crippen LogP contribution is 2.55. The van der Waals surface area contributed by atoms with E-state index in [0.717, 1.165) is 12.1 Å². The molecule has 142 valence electrons. The topological polar surface area (TPSA) is 35.5 Å². The third-order valence-electron chi connectivity index (χ3n) is 4.50. The van der Waals surface area contributed by atoms with Gasteiger partial charge in [0.1, 0.15) is 0 Å². The molecule has 1 unspecified atom stereocenters. The number of carbonyl (C=O) groups excluding carboxylic acids is 1.